The number of cyclic esters (lactones) is 1. The summed E-state index contributed by atoms with van der Waals surface area (Å²) in [4.78, 5) is 63.2. The summed E-state index contributed by atoms with van der Waals surface area (Å²) in [6.07, 6.45) is 4.33. The van der Waals surface area contributed by atoms with Crippen molar-refractivity contribution in [3.63, 3.8) is 0 Å². The van der Waals surface area contributed by atoms with E-state index < -0.39 is 66.1 Å². The van der Waals surface area contributed by atoms with Gasteiger partial charge in [-0.2, -0.15) is 0 Å². The van der Waals surface area contributed by atoms with Crippen LogP contribution in [0.1, 0.15) is 50.0 Å². The number of allylic oxidation sites excluding steroid dienone is 1. The maximum atomic E-state index is 15.4. The molecule has 11 nitrogen and oxygen atoms in total. The third-order valence-corrected chi connectivity index (χ3v) is 11.7. The maximum absolute atomic E-state index is 15.4. The molecule has 0 saturated carbocycles. The van der Waals surface area contributed by atoms with Gasteiger partial charge in [0.2, 0.25) is 11.8 Å². The van der Waals surface area contributed by atoms with E-state index in [1.54, 1.807) is 23.1 Å². The number of ether oxygens (including phenoxy) is 2. The van der Waals surface area contributed by atoms with Crippen LogP contribution in [0.2, 0.25) is 0 Å². The zero-order chi connectivity index (χ0) is 38.0. The van der Waals surface area contributed by atoms with Gasteiger partial charge in [0.05, 0.1) is 25.1 Å². The minimum absolute atomic E-state index is 0.0302. The predicted octanol–water partition coefficient (Wildman–Crippen LogP) is 5.22. The summed E-state index contributed by atoms with van der Waals surface area (Å²) >= 11 is 3.63. The molecule has 5 bridgehead atoms. The van der Waals surface area contributed by atoms with Gasteiger partial charge >= 0.3 is 5.97 Å². The van der Waals surface area contributed by atoms with Gasteiger partial charge in [0.25, 0.3) is 5.91 Å². The topological polar surface area (TPSA) is 129 Å². The quantitative estimate of drug-likeness (QED) is 0.235. The molecule has 0 aliphatic carbocycles. The molecule has 54 heavy (non-hydrogen) atoms. The van der Waals surface area contributed by atoms with Crippen LogP contribution < -0.4 is 15.1 Å². The van der Waals surface area contributed by atoms with Crippen molar-refractivity contribution in [2.45, 2.75) is 56.6 Å². The lowest BCUT2D eigenvalue weighted by atomic mass is 9.74. The monoisotopic (exact) mass is 796 g/mol. The molecule has 7 rings (SSSR count). The largest absolute Gasteiger partial charge is 0.455 e. The van der Waals surface area contributed by atoms with E-state index in [-0.39, 0.29) is 25.4 Å². The first kappa shape index (κ1) is 37.5. The highest BCUT2D eigenvalue weighted by Crippen LogP contribution is 2.60. The maximum Gasteiger partial charge on any atom is 0.313 e. The van der Waals surface area contributed by atoms with E-state index in [4.69, 9.17) is 9.47 Å². The zero-order valence-electron chi connectivity index (χ0n) is 30.3. The SMILES string of the molecule is CCN(CC)c1ccc(N2C/C=C\CCC(=O)NC[C@H](c3ccccc3)OC(=O)[C@H]3[C@@H]4O[C@@]5(C=C4Br)[C@@H]3C(=O)N([C@H](CO)c3ccccc3)[C@@H]5C2=O)cc1. The number of nitrogens with one attached hydrogen (secondary N) is 1. The van der Waals surface area contributed by atoms with Gasteiger partial charge in [-0.15, -0.1) is 0 Å². The molecule has 0 radical (unpaired) electrons. The Morgan fingerprint density at radius 3 is 2.28 bits per heavy atom. The Morgan fingerprint density at radius 1 is 0.926 bits per heavy atom. The average Bonchev–Trinajstić information content (AvgIpc) is 3.79. The fraction of sp³-hybridized carbons (Fsp3) is 0.381. The fourth-order valence-electron chi connectivity index (χ4n) is 8.39. The highest BCUT2D eigenvalue weighted by Gasteiger charge is 2.75. The van der Waals surface area contributed by atoms with Crippen molar-refractivity contribution in [1.82, 2.24) is 10.2 Å². The van der Waals surface area contributed by atoms with Crippen molar-refractivity contribution in [1.29, 1.82) is 0 Å². The number of aliphatic hydroxyl groups excluding tert-OH is 1. The molecular weight excluding hydrogens is 752 g/mol. The van der Waals surface area contributed by atoms with Crippen molar-refractivity contribution in [3.8, 4) is 0 Å². The van der Waals surface area contributed by atoms with Crippen molar-refractivity contribution in [2.75, 3.05) is 42.6 Å². The second-order valence-electron chi connectivity index (χ2n) is 14.0. The van der Waals surface area contributed by atoms with Crippen LogP contribution >= 0.6 is 15.9 Å². The highest BCUT2D eigenvalue weighted by molar-refractivity contribution is 9.11. The Morgan fingerprint density at radius 2 is 1.61 bits per heavy atom. The third kappa shape index (κ3) is 6.75. The summed E-state index contributed by atoms with van der Waals surface area (Å²) < 4.78 is 13.5. The molecule has 4 aliphatic rings. The Labute approximate surface area is 323 Å². The van der Waals surface area contributed by atoms with Gasteiger partial charge in [-0.3, -0.25) is 19.2 Å². The Bertz CT molecular complexity index is 1920. The van der Waals surface area contributed by atoms with Crippen molar-refractivity contribution in [3.05, 3.63) is 119 Å². The van der Waals surface area contributed by atoms with Gasteiger partial charge in [0.1, 0.15) is 29.8 Å². The summed E-state index contributed by atoms with van der Waals surface area (Å²) in [6, 6.07) is 23.7. The predicted molar refractivity (Wildman–Crippen MR) is 208 cm³/mol. The lowest BCUT2D eigenvalue weighted by molar-refractivity contribution is -0.160. The third-order valence-electron chi connectivity index (χ3n) is 11.0. The number of fused-ring (bicyclic) bond motifs is 2. The number of esters is 1. The first-order chi connectivity index (χ1) is 26.2. The Balaban J connectivity index is 1.36. The minimum Gasteiger partial charge on any atom is -0.455 e. The molecule has 3 aromatic rings. The summed E-state index contributed by atoms with van der Waals surface area (Å²) in [7, 11) is 0. The van der Waals surface area contributed by atoms with Crippen LogP contribution in [0.3, 0.4) is 0 Å². The number of aliphatic hydroxyl groups is 1. The second-order valence-corrected chi connectivity index (χ2v) is 14.9. The number of carbonyl (C=O) groups excluding carboxylic acids is 4. The fourth-order valence-corrected chi connectivity index (χ4v) is 9.13. The summed E-state index contributed by atoms with van der Waals surface area (Å²) in [5.74, 6) is -4.07. The molecule has 4 heterocycles. The van der Waals surface area contributed by atoms with E-state index in [9.17, 15) is 14.7 Å². The molecule has 3 aromatic carbocycles. The van der Waals surface area contributed by atoms with Crippen LogP contribution in [0.5, 0.6) is 0 Å². The molecule has 1 spiro atoms. The number of hydrogen-bond acceptors (Lipinski definition) is 8. The molecule has 2 fully saturated rings. The van der Waals surface area contributed by atoms with Crippen LogP contribution in [0, 0.1) is 11.8 Å². The Hall–Kier alpha value is -4.78. The summed E-state index contributed by atoms with van der Waals surface area (Å²) in [5.41, 5.74) is 1.36. The molecule has 12 heteroatoms. The number of anilines is 2. The number of likely N-dealkylation sites (tertiary alicyclic amines) is 1. The molecule has 2 N–H and O–H groups in total. The summed E-state index contributed by atoms with van der Waals surface area (Å²) in [5, 5.41) is 13.9. The van der Waals surface area contributed by atoms with Gasteiger partial charge in [-0.05, 0) is 61.7 Å². The van der Waals surface area contributed by atoms with Gasteiger partial charge in [-0.1, -0.05) is 88.7 Å². The number of amides is 3. The van der Waals surface area contributed by atoms with E-state index in [0.29, 0.717) is 27.7 Å². The van der Waals surface area contributed by atoms with Crippen molar-refractivity contribution >= 4 is 51.0 Å². The molecule has 0 aromatic heterocycles. The van der Waals surface area contributed by atoms with E-state index in [2.05, 4.69) is 40.0 Å². The van der Waals surface area contributed by atoms with Crippen molar-refractivity contribution in [2.24, 2.45) is 11.8 Å². The average molecular weight is 798 g/mol. The standard InChI is InChI=1S/C42H45BrN4O7/c1-3-45(4-2)29-19-21-30(22-20-29)46-23-13-7-12-18-34(49)44-25-33(28-16-10-6-11-17-28)53-41(52)35-36-39(50)47(32(26-48)27-14-8-5-9-15-27)38(40(46)51)42(36)24-31(43)37(35)54-42/h5-11,13-17,19-22,24,32-33,35-38,48H,3-4,12,18,23,25-26H2,1-2H3,(H,44,49)/b13-7-/t32-,33-,35-,36+,37-,38-,42+/m1/s1. The molecule has 2 saturated heterocycles. The van der Waals surface area contributed by atoms with E-state index in [1.165, 1.54) is 4.90 Å². The van der Waals surface area contributed by atoms with E-state index >= 15 is 9.59 Å². The number of halogens is 1. The van der Waals surface area contributed by atoms with Crippen LogP contribution in [0.25, 0.3) is 0 Å². The molecule has 4 aliphatic heterocycles. The number of benzene rings is 3. The van der Waals surface area contributed by atoms with Crippen LogP contribution in [-0.2, 0) is 28.7 Å². The van der Waals surface area contributed by atoms with E-state index in [0.717, 1.165) is 18.8 Å². The molecule has 0 unspecified atom stereocenters. The first-order valence-electron chi connectivity index (χ1n) is 18.6. The number of hydrogen-bond donors (Lipinski definition) is 2. The number of nitrogens with zero attached hydrogens (tertiary/aromatic N) is 3. The number of rotatable bonds is 8. The lowest BCUT2D eigenvalue weighted by Crippen LogP contribution is -2.57. The van der Waals surface area contributed by atoms with Gasteiger partial charge in [0, 0.05) is 41.9 Å². The van der Waals surface area contributed by atoms with Crippen molar-refractivity contribution < 1.29 is 33.8 Å². The van der Waals surface area contributed by atoms with Crippen LogP contribution in [0.15, 0.2) is 108 Å². The van der Waals surface area contributed by atoms with Crippen LogP contribution in [-0.4, -0.2) is 84.2 Å². The molecule has 282 valence electrons. The van der Waals surface area contributed by atoms with Gasteiger partial charge in [-0.25, -0.2) is 0 Å². The first-order valence-corrected chi connectivity index (χ1v) is 19.4. The number of carbonyl (C=O) groups is 4. The van der Waals surface area contributed by atoms with E-state index in [1.807, 2.05) is 84.9 Å². The summed E-state index contributed by atoms with van der Waals surface area (Å²) in [6.45, 7) is 5.48. The van der Waals surface area contributed by atoms with Gasteiger partial charge < -0.3 is 34.6 Å². The highest BCUT2D eigenvalue weighted by atomic mass is 79.9. The second kappa shape index (κ2) is 15.9. The molecule has 3 amide bonds. The molecular formula is C42H45BrN4O7. The van der Waals surface area contributed by atoms with Crippen LogP contribution in [0.4, 0.5) is 11.4 Å². The molecule has 7 atom stereocenters. The minimum atomic E-state index is -1.56. The normalized spacial score (nSPS) is 28.3. The van der Waals surface area contributed by atoms with Gasteiger partial charge in [0.15, 0.2) is 0 Å². The smallest absolute Gasteiger partial charge is 0.313 e. The zero-order valence-corrected chi connectivity index (χ0v) is 31.9. The lowest BCUT2D eigenvalue weighted by Gasteiger charge is -2.39. The Kier molecular flexibility index (Phi) is 11.1.